The summed E-state index contributed by atoms with van der Waals surface area (Å²) in [6.45, 7) is 0.919. The topological polar surface area (TPSA) is 79.5 Å². The molecule has 2 amide bonds. The van der Waals surface area contributed by atoms with Crippen molar-refractivity contribution < 1.29 is 14.3 Å². The number of methoxy groups -OCH3 is 1. The van der Waals surface area contributed by atoms with Crippen LogP contribution in [0.15, 0.2) is 48.5 Å². The van der Waals surface area contributed by atoms with Gasteiger partial charge >= 0.3 is 0 Å². The molecule has 0 spiro atoms. The number of hydrogen-bond acceptors (Lipinski definition) is 5. The van der Waals surface area contributed by atoms with E-state index in [9.17, 15) is 9.59 Å². The lowest BCUT2D eigenvalue weighted by Crippen LogP contribution is -2.40. The maximum Gasteiger partial charge on any atom is 0.257 e. The second kappa shape index (κ2) is 9.43. The summed E-state index contributed by atoms with van der Waals surface area (Å²) in [5.41, 5.74) is 1.55. The zero-order chi connectivity index (χ0) is 19.1. The Labute approximate surface area is 163 Å². The zero-order valence-corrected chi connectivity index (χ0v) is 16.0. The van der Waals surface area contributed by atoms with Crippen LogP contribution in [0, 0.1) is 0 Å². The summed E-state index contributed by atoms with van der Waals surface area (Å²) in [4.78, 5) is 25.1. The van der Waals surface area contributed by atoms with Crippen molar-refractivity contribution in [1.29, 1.82) is 0 Å². The number of hydrogen-bond donors (Lipinski definition) is 3. The van der Waals surface area contributed by atoms with E-state index in [2.05, 4.69) is 16.0 Å². The molecule has 2 aromatic carbocycles. The second-order valence-electron chi connectivity index (χ2n) is 6.21. The van der Waals surface area contributed by atoms with Gasteiger partial charge in [0.2, 0.25) is 5.91 Å². The van der Waals surface area contributed by atoms with Crippen molar-refractivity contribution in [2.24, 2.45) is 0 Å². The molecule has 1 saturated heterocycles. The fraction of sp³-hybridized carbons (Fsp3) is 0.300. The third-order valence-electron chi connectivity index (χ3n) is 4.20. The van der Waals surface area contributed by atoms with Gasteiger partial charge in [0, 0.05) is 42.3 Å². The Kier molecular flexibility index (Phi) is 6.73. The Morgan fingerprint density at radius 1 is 1.19 bits per heavy atom. The normalized spacial score (nSPS) is 16.4. The number of para-hydroxylation sites is 1. The lowest BCUT2D eigenvalue weighted by molar-refractivity contribution is -0.116. The molecule has 0 saturated carbocycles. The van der Waals surface area contributed by atoms with Crippen LogP contribution in [0.5, 0.6) is 5.75 Å². The summed E-state index contributed by atoms with van der Waals surface area (Å²) in [5, 5.41) is 9.06. The van der Waals surface area contributed by atoms with Gasteiger partial charge in [0.25, 0.3) is 5.91 Å². The third-order valence-corrected chi connectivity index (χ3v) is 5.33. The number of carbonyl (C=O) groups is 2. The van der Waals surface area contributed by atoms with Crippen LogP contribution in [-0.2, 0) is 4.79 Å². The number of rotatable bonds is 6. The lowest BCUT2D eigenvalue weighted by atomic mass is 10.1. The molecule has 0 aliphatic carbocycles. The van der Waals surface area contributed by atoms with Crippen molar-refractivity contribution in [2.45, 2.75) is 12.5 Å². The van der Waals surface area contributed by atoms with Gasteiger partial charge in [-0.2, -0.15) is 11.8 Å². The zero-order valence-electron chi connectivity index (χ0n) is 15.2. The van der Waals surface area contributed by atoms with E-state index in [1.807, 2.05) is 11.8 Å². The van der Waals surface area contributed by atoms with E-state index in [4.69, 9.17) is 4.74 Å². The van der Waals surface area contributed by atoms with Crippen molar-refractivity contribution in [3.8, 4) is 5.75 Å². The highest BCUT2D eigenvalue weighted by Gasteiger charge is 2.18. The van der Waals surface area contributed by atoms with E-state index in [0.717, 1.165) is 18.1 Å². The fourth-order valence-electron chi connectivity index (χ4n) is 2.87. The Morgan fingerprint density at radius 2 is 2.04 bits per heavy atom. The third kappa shape index (κ3) is 5.48. The number of thioether (sulfide) groups is 1. The van der Waals surface area contributed by atoms with Crippen LogP contribution in [0.1, 0.15) is 16.8 Å². The molecule has 142 valence electrons. The van der Waals surface area contributed by atoms with Crippen molar-refractivity contribution >= 4 is 35.0 Å². The average Bonchev–Trinajstić information content (AvgIpc) is 2.69. The van der Waals surface area contributed by atoms with Gasteiger partial charge in [-0.15, -0.1) is 0 Å². The minimum Gasteiger partial charge on any atom is -0.497 e. The quantitative estimate of drug-likeness (QED) is 0.712. The summed E-state index contributed by atoms with van der Waals surface area (Å²) < 4.78 is 5.17. The van der Waals surface area contributed by atoms with Gasteiger partial charge in [-0.1, -0.05) is 18.2 Å². The van der Waals surface area contributed by atoms with Crippen molar-refractivity contribution in [2.75, 3.05) is 35.8 Å². The molecular weight excluding hydrogens is 362 g/mol. The number of anilines is 2. The van der Waals surface area contributed by atoms with E-state index in [1.54, 1.807) is 55.6 Å². The maximum absolute atomic E-state index is 12.7. The lowest BCUT2D eigenvalue weighted by Gasteiger charge is -2.22. The van der Waals surface area contributed by atoms with Crippen molar-refractivity contribution in [3.05, 3.63) is 54.1 Å². The molecular formula is C20H23N3O3S. The average molecular weight is 385 g/mol. The van der Waals surface area contributed by atoms with Gasteiger partial charge in [-0.3, -0.25) is 9.59 Å². The first-order valence-corrected chi connectivity index (χ1v) is 9.96. The monoisotopic (exact) mass is 385 g/mol. The van der Waals surface area contributed by atoms with Gasteiger partial charge in [0.1, 0.15) is 5.75 Å². The van der Waals surface area contributed by atoms with Crippen LogP contribution < -0.4 is 20.7 Å². The van der Waals surface area contributed by atoms with Gasteiger partial charge in [-0.05, 0) is 24.3 Å². The van der Waals surface area contributed by atoms with E-state index in [0.29, 0.717) is 29.1 Å². The van der Waals surface area contributed by atoms with E-state index in [-0.39, 0.29) is 17.9 Å². The van der Waals surface area contributed by atoms with Crippen LogP contribution in [0.2, 0.25) is 0 Å². The number of carbonyl (C=O) groups excluding carboxylic acids is 2. The number of ether oxygens (including phenoxy) is 1. The highest BCUT2D eigenvalue weighted by atomic mass is 32.2. The molecule has 1 fully saturated rings. The van der Waals surface area contributed by atoms with Gasteiger partial charge in [0.15, 0.2) is 0 Å². The summed E-state index contributed by atoms with van der Waals surface area (Å²) in [7, 11) is 1.57. The van der Waals surface area contributed by atoms with Crippen LogP contribution >= 0.6 is 11.8 Å². The molecule has 0 bridgehead atoms. The van der Waals surface area contributed by atoms with Crippen LogP contribution in [0.25, 0.3) is 0 Å². The number of nitrogens with one attached hydrogen (secondary N) is 3. The first kappa shape index (κ1) is 19.3. The molecule has 1 heterocycles. The minimum absolute atomic E-state index is 0.100. The van der Waals surface area contributed by atoms with Crippen LogP contribution in [-0.4, -0.2) is 43.0 Å². The predicted octanol–water partition coefficient (Wildman–Crippen LogP) is 2.98. The first-order valence-electron chi connectivity index (χ1n) is 8.81. The second-order valence-corrected chi connectivity index (χ2v) is 7.36. The molecule has 6 nitrogen and oxygen atoms in total. The number of amides is 2. The highest BCUT2D eigenvalue weighted by molar-refractivity contribution is 7.99. The molecule has 7 heteroatoms. The van der Waals surface area contributed by atoms with E-state index < -0.39 is 0 Å². The van der Waals surface area contributed by atoms with Crippen molar-refractivity contribution in [1.82, 2.24) is 5.32 Å². The van der Waals surface area contributed by atoms with E-state index in [1.165, 1.54) is 0 Å². The molecule has 27 heavy (non-hydrogen) atoms. The first-order chi connectivity index (χ1) is 13.2. The Morgan fingerprint density at radius 3 is 2.81 bits per heavy atom. The Balaban J connectivity index is 1.67. The molecule has 1 atom stereocenters. The summed E-state index contributed by atoms with van der Waals surface area (Å²) in [5.74, 6) is 2.27. The SMILES string of the molecule is COc1cccc(NC(=O)c2ccccc2NC(=O)CC2CSCCN2)c1. The molecule has 1 aliphatic heterocycles. The Bertz CT molecular complexity index is 807. The van der Waals surface area contributed by atoms with Crippen molar-refractivity contribution in [3.63, 3.8) is 0 Å². The Hall–Kier alpha value is -2.51. The molecule has 0 radical (unpaired) electrons. The standard InChI is InChI=1S/C20H23N3O3S/c1-26-16-6-4-5-14(11-16)22-20(25)17-7-2-3-8-18(17)23-19(24)12-15-13-27-10-9-21-15/h2-8,11,15,21H,9-10,12-13H2,1H3,(H,22,25)(H,23,24). The van der Waals surface area contributed by atoms with E-state index >= 15 is 0 Å². The fourth-order valence-corrected chi connectivity index (χ4v) is 3.81. The minimum atomic E-state index is -0.287. The number of benzene rings is 2. The summed E-state index contributed by atoms with van der Waals surface area (Å²) in [6.07, 6.45) is 0.388. The maximum atomic E-state index is 12.7. The molecule has 3 N–H and O–H groups in total. The smallest absolute Gasteiger partial charge is 0.257 e. The summed E-state index contributed by atoms with van der Waals surface area (Å²) in [6, 6.07) is 14.3. The summed E-state index contributed by atoms with van der Waals surface area (Å²) >= 11 is 1.85. The predicted molar refractivity (Wildman–Crippen MR) is 110 cm³/mol. The van der Waals surface area contributed by atoms with Gasteiger partial charge < -0.3 is 20.7 Å². The molecule has 1 unspecified atom stereocenters. The van der Waals surface area contributed by atoms with Gasteiger partial charge in [0.05, 0.1) is 18.4 Å². The molecule has 0 aromatic heterocycles. The van der Waals surface area contributed by atoms with Crippen LogP contribution in [0.4, 0.5) is 11.4 Å². The van der Waals surface area contributed by atoms with Gasteiger partial charge in [-0.25, -0.2) is 0 Å². The molecule has 2 aromatic rings. The molecule has 1 aliphatic rings. The highest BCUT2D eigenvalue weighted by Crippen LogP contribution is 2.21. The largest absolute Gasteiger partial charge is 0.497 e. The molecule has 3 rings (SSSR count). The van der Waals surface area contributed by atoms with Crippen LogP contribution in [0.3, 0.4) is 0 Å².